The number of hydrogen-bond acceptors (Lipinski definition) is 4. The molecule has 0 aliphatic carbocycles. The van der Waals surface area contributed by atoms with Crippen LogP contribution in [-0.4, -0.2) is 19.7 Å². The summed E-state index contributed by atoms with van der Waals surface area (Å²) in [5.41, 5.74) is 6.52. The summed E-state index contributed by atoms with van der Waals surface area (Å²) in [6, 6.07) is 10.5. The van der Waals surface area contributed by atoms with Crippen LogP contribution in [0.25, 0.3) is 16.0 Å². The fraction of sp³-hybridized carbons (Fsp3) is 0.118. The Hall–Kier alpha value is -2.53. The molecule has 0 saturated heterocycles. The minimum Gasteiger partial charge on any atom is -0.245 e. The monoisotopic (exact) mass is 306 g/mol. The van der Waals surface area contributed by atoms with Crippen molar-refractivity contribution in [3.05, 3.63) is 71.1 Å². The van der Waals surface area contributed by atoms with E-state index in [9.17, 15) is 0 Å². The molecular weight excluding hydrogens is 292 g/mol. The summed E-state index contributed by atoms with van der Waals surface area (Å²) in [6.45, 7) is 2.02. The second kappa shape index (κ2) is 5.35. The molecule has 0 bridgehead atoms. The first kappa shape index (κ1) is 13.2. The Morgan fingerprint density at radius 3 is 2.73 bits per heavy atom. The van der Waals surface area contributed by atoms with E-state index in [1.54, 1.807) is 16.0 Å². The summed E-state index contributed by atoms with van der Waals surface area (Å²) in [4.78, 5) is 8.87. The lowest BCUT2D eigenvalue weighted by Crippen LogP contribution is -1.98. The molecule has 22 heavy (non-hydrogen) atoms. The molecule has 4 aromatic rings. The lowest BCUT2D eigenvalue weighted by Gasteiger charge is -2.04. The average Bonchev–Trinajstić information content (AvgIpc) is 3.16. The van der Waals surface area contributed by atoms with Gasteiger partial charge in [-0.25, -0.2) is 14.6 Å². The van der Waals surface area contributed by atoms with Crippen molar-refractivity contribution in [2.45, 2.75) is 13.3 Å². The molecule has 3 aromatic heterocycles. The van der Waals surface area contributed by atoms with Crippen molar-refractivity contribution in [1.29, 1.82) is 0 Å². The van der Waals surface area contributed by atoms with Crippen LogP contribution in [0.4, 0.5) is 0 Å². The van der Waals surface area contributed by atoms with Gasteiger partial charge < -0.3 is 0 Å². The normalized spacial score (nSPS) is 11.1. The minimum absolute atomic E-state index is 0.840. The number of aryl methyl sites for hydroxylation is 1. The van der Waals surface area contributed by atoms with E-state index in [-0.39, 0.29) is 0 Å². The van der Waals surface area contributed by atoms with Gasteiger partial charge in [0.05, 0.1) is 21.9 Å². The molecule has 0 unspecified atom stereocenters. The number of fused-ring (bicyclic) bond motifs is 1. The van der Waals surface area contributed by atoms with Crippen molar-refractivity contribution in [2.24, 2.45) is 0 Å². The molecule has 0 atom stereocenters. The van der Waals surface area contributed by atoms with E-state index in [0.29, 0.717) is 0 Å². The van der Waals surface area contributed by atoms with Crippen LogP contribution < -0.4 is 0 Å². The maximum atomic E-state index is 4.50. The van der Waals surface area contributed by atoms with E-state index in [1.807, 2.05) is 37.1 Å². The molecule has 3 heterocycles. The predicted octanol–water partition coefficient (Wildman–Crippen LogP) is 3.78. The highest BCUT2D eigenvalue weighted by Crippen LogP contribution is 2.20. The van der Waals surface area contributed by atoms with Crippen molar-refractivity contribution >= 4 is 21.6 Å². The topological polar surface area (TPSA) is 43.6 Å². The molecule has 0 saturated carbocycles. The Bertz CT molecular complexity index is 921. The van der Waals surface area contributed by atoms with Crippen molar-refractivity contribution in [1.82, 2.24) is 19.7 Å². The zero-order valence-corrected chi connectivity index (χ0v) is 12.9. The molecule has 0 spiro atoms. The zero-order chi connectivity index (χ0) is 14.9. The second-order valence-corrected chi connectivity index (χ2v) is 6.20. The van der Waals surface area contributed by atoms with E-state index in [4.69, 9.17) is 0 Å². The summed E-state index contributed by atoms with van der Waals surface area (Å²) >= 11 is 1.67. The molecule has 4 rings (SSSR count). The largest absolute Gasteiger partial charge is 0.245 e. The Morgan fingerprint density at radius 2 is 1.95 bits per heavy atom. The summed E-state index contributed by atoms with van der Waals surface area (Å²) in [7, 11) is 0. The Morgan fingerprint density at radius 1 is 1.05 bits per heavy atom. The van der Waals surface area contributed by atoms with Gasteiger partial charge in [0.15, 0.2) is 5.82 Å². The molecular formula is C17H14N4S. The van der Waals surface area contributed by atoms with Crippen LogP contribution in [-0.2, 0) is 6.42 Å². The van der Waals surface area contributed by atoms with Crippen LogP contribution in [0, 0.1) is 6.92 Å². The summed E-state index contributed by atoms with van der Waals surface area (Å²) in [5, 5.41) is 4.27. The highest BCUT2D eigenvalue weighted by Gasteiger charge is 2.03. The standard InChI is InChI=1S/C17H14N4S/c1-12-8-20-21(10-12)17-5-3-14(9-18-17)6-13-2-4-16-15(7-13)19-11-22-16/h2-5,7-11H,6H2,1H3. The third kappa shape index (κ3) is 2.51. The number of benzene rings is 1. The predicted molar refractivity (Wildman–Crippen MR) is 88.5 cm³/mol. The lowest BCUT2D eigenvalue weighted by molar-refractivity contribution is 0.844. The minimum atomic E-state index is 0.840. The van der Waals surface area contributed by atoms with Gasteiger partial charge in [0.1, 0.15) is 0 Å². The van der Waals surface area contributed by atoms with Crippen LogP contribution >= 0.6 is 11.3 Å². The van der Waals surface area contributed by atoms with Gasteiger partial charge in [0, 0.05) is 12.4 Å². The van der Waals surface area contributed by atoms with E-state index in [2.05, 4.69) is 39.3 Å². The third-order valence-electron chi connectivity index (χ3n) is 3.56. The number of rotatable bonds is 3. The first-order valence-corrected chi connectivity index (χ1v) is 7.94. The van der Waals surface area contributed by atoms with Gasteiger partial charge in [-0.3, -0.25) is 0 Å². The van der Waals surface area contributed by atoms with Crippen molar-refractivity contribution < 1.29 is 0 Å². The number of nitrogens with zero attached hydrogens (tertiary/aromatic N) is 4. The van der Waals surface area contributed by atoms with Gasteiger partial charge in [0.2, 0.25) is 0 Å². The molecule has 4 nitrogen and oxygen atoms in total. The number of hydrogen-bond donors (Lipinski definition) is 0. The maximum Gasteiger partial charge on any atom is 0.153 e. The molecule has 0 N–H and O–H groups in total. The molecule has 1 aromatic carbocycles. The van der Waals surface area contributed by atoms with Gasteiger partial charge >= 0.3 is 0 Å². The molecule has 0 fully saturated rings. The summed E-state index contributed by atoms with van der Waals surface area (Å²) in [6.07, 6.45) is 6.58. The third-order valence-corrected chi connectivity index (χ3v) is 4.37. The average molecular weight is 306 g/mol. The van der Waals surface area contributed by atoms with E-state index < -0.39 is 0 Å². The fourth-order valence-corrected chi connectivity index (χ4v) is 3.10. The Balaban J connectivity index is 1.57. The summed E-state index contributed by atoms with van der Waals surface area (Å²) in [5.74, 6) is 0.840. The quantitative estimate of drug-likeness (QED) is 0.578. The molecule has 0 aliphatic rings. The van der Waals surface area contributed by atoms with Crippen LogP contribution in [0.2, 0.25) is 0 Å². The maximum absolute atomic E-state index is 4.50. The Kier molecular flexibility index (Phi) is 3.20. The highest BCUT2D eigenvalue weighted by atomic mass is 32.1. The van der Waals surface area contributed by atoms with Gasteiger partial charge in [-0.1, -0.05) is 12.1 Å². The van der Waals surface area contributed by atoms with Crippen LogP contribution in [0.3, 0.4) is 0 Å². The van der Waals surface area contributed by atoms with E-state index in [0.717, 1.165) is 23.3 Å². The van der Waals surface area contributed by atoms with Gasteiger partial charge in [-0.05, 0) is 48.2 Å². The molecule has 0 amide bonds. The van der Waals surface area contributed by atoms with Crippen LogP contribution in [0.5, 0.6) is 0 Å². The van der Waals surface area contributed by atoms with Crippen LogP contribution in [0.15, 0.2) is 54.4 Å². The number of thiazole rings is 1. The van der Waals surface area contributed by atoms with Gasteiger partial charge in [0.25, 0.3) is 0 Å². The highest BCUT2D eigenvalue weighted by molar-refractivity contribution is 7.16. The molecule has 108 valence electrons. The number of aromatic nitrogens is 4. The first-order chi connectivity index (χ1) is 10.8. The smallest absolute Gasteiger partial charge is 0.153 e. The second-order valence-electron chi connectivity index (χ2n) is 5.32. The van der Waals surface area contributed by atoms with Crippen molar-refractivity contribution in [3.8, 4) is 5.82 Å². The lowest BCUT2D eigenvalue weighted by atomic mass is 10.1. The van der Waals surface area contributed by atoms with Crippen molar-refractivity contribution in [3.63, 3.8) is 0 Å². The fourth-order valence-electron chi connectivity index (χ4n) is 2.44. The molecule has 5 heteroatoms. The molecule has 0 radical (unpaired) electrons. The zero-order valence-electron chi connectivity index (χ0n) is 12.1. The first-order valence-electron chi connectivity index (χ1n) is 7.07. The van der Waals surface area contributed by atoms with Gasteiger partial charge in [-0.2, -0.15) is 5.10 Å². The summed E-state index contributed by atoms with van der Waals surface area (Å²) < 4.78 is 3.02. The van der Waals surface area contributed by atoms with Crippen molar-refractivity contribution in [2.75, 3.05) is 0 Å². The Labute approximate surface area is 132 Å². The van der Waals surface area contributed by atoms with E-state index >= 15 is 0 Å². The van der Waals surface area contributed by atoms with Crippen LogP contribution in [0.1, 0.15) is 16.7 Å². The van der Waals surface area contributed by atoms with E-state index in [1.165, 1.54) is 15.8 Å². The number of pyridine rings is 1. The van der Waals surface area contributed by atoms with Gasteiger partial charge in [-0.15, -0.1) is 11.3 Å². The SMILES string of the molecule is Cc1cnn(-c2ccc(Cc3ccc4scnc4c3)cn2)c1. The molecule has 0 aliphatic heterocycles.